The van der Waals surface area contributed by atoms with Crippen molar-refractivity contribution in [3.8, 4) is 0 Å². The minimum atomic E-state index is -3.38. The monoisotopic (exact) mass is 340 g/mol. The molecule has 128 valence electrons. The van der Waals surface area contributed by atoms with Crippen molar-refractivity contribution in [2.45, 2.75) is 38.4 Å². The first kappa shape index (κ1) is 17.8. The first-order chi connectivity index (χ1) is 10.8. The number of hydrogen-bond acceptors (Lipinski definition) is 5. The maximum atomic E-state index is 12.0. The van der Waals surface area contributed by atoms with Gasteiger partial charge in [0.15, 0.2) is 0 Å². The van der Waals surface area contributed by atoms with Crippen LogP contribution in [0.15, 0.2) is 24.5 Å². The SMILES string of the molecule is C[C@@H](NS(C)(=O)=O)C(=O)NC1CCN(Cc2cccnc2)CC1. The molecule has 0 bridgehead atoms. The minimum Gasteiger partial charge on any atom is -0.352 e. The van der Waals surface area contributed by atoms with Crippen LogP contribution in [0.25, 0.3) is 0 Å². The number of nitrogens with zero attached hydrogens (tertiary/aromatic N) is 2. The van der Waals surface area contributed by atoms with Crippen molar-refractivity contribution in [1.29, 1.82) is 0 Å². The van der Waals surface area contributed by atoms with E-state index < -0.39 is 16.1 Å². The molecule has 1 aliphatic rings. The van der Waals surface area contributed by atoms with Gasteiger partial charge in [0, 0.05) is 38.1 Å². The topological polar surface area (TPSA) is 91.4 Å². The van der Waals surface area contributed by atoms with E-state index in [0.717, 1.165) is 38.7 Å². The van der Waals surface area contributed by atoms with E-state index in [-0.39, 0.29) is 11.9 Å². The molecule has 1 aromatic heterocycles. The molecule has 0 aliphatic carbocycles. The maximum absolute atomic E-state index is 12.0. The van der Waals surface area contributed by atoms with E-state index in [4.69, 9.17) is 0 Å². The number of hydrogen-bond donors (Lipinski definition) is 2. The summed E-state index contributed by atoms with van der Waals surface area (Å²) in [5, 5.41) is 2.92. The summed E-state index contributed by atoms with van der Waals surface area (Å²) >= 11 is 0. The zero-order valence-corrected chi connectivity index (χ0v) is 14.3. The average Bonchev–Trinajstić information content (AvgIpc) is 2.48. The molecule has 0 spiro atoms. The molecule has 2 heterocycles. The van der Waals surface area contributed by atoms with E-state index in [9.17, 15) is 13.2 Å². The van der Waals surface area contributed by atoms with Gasteiger partial charge < -0.3 is 5.32 Å². The lowest BCUT2D eigenvalue weighted by atomic mass is 10.0. The van der Waals surface area contributed by atoms with Gasteiger partial charge >= 0.3 is 0 Å². The Morgan fingerprint density at radius 2 is 2.13 bits per heavy atom. The summed E-state index contributed by atoms with van der Waals surface area (Å²) in [6, 6.07) is 3.33. The van der Waals surface area contributed by atoms with Gasteiger partial charge in [-0.1, -0.05) is 6.07 Å². The Morgan fingerprint density at radius 3 is 2.70 bits per heavy atom. The number of aromatic nitrogens is 1. The lowest BCUT2D eigenvalue weighted by Gasteiger charge is -2.32. The van der Waals surface area contributed by atoms with E-state index in [1.165, 1.54) is 5.56 Å². The van der Waals surface area contributed by atoms with E-state index >= 15 is 0 Å². The van der Waals surface area contributed by atoms with Gasteiger partial charge in [0.25, 0.3) is 0 Å². The van der Waals surface area contributed by atoms with Crippen LogP contribution in [-0.4, -0.2) is 55.6 Å². The third-order valence-corrected chi connectivity index (χ3v) is 4.63. The number of piperidine rings is 1. The highest BCUT2D eigenvalue weighted by molar-refractivity contribution is 7.88. The van der Waals surface area contributed by atoms with E-state index in [0.29, 0.717) is 0 Å². The van der Waals surface area contributed by atoms with Crippen LogP contribution >= 0.6 is 0 Å². The van der Waals surface area contributed by atoms with Gasteiger partial charge in [0.2, 0.25) is 15.9 Å². The predicted molar refractivity (Wildman–Crippen MR) is 88.1 cm³/mol. The number of pyridine rings is 1. The van der Waals surface area contributed by atoms with Crippen LogP contribution in [0.5, 0.6) is 0 Å². The number of sulfonamides is 1. The van der Waals surface area contributed by atoms with Crippen LogP contribution in [0.4, 0.5) is 0 Å². The lowest BCUT2D eigenvalue weighted by Crippen LogP contribution is -2.50. The summed E-state index contributed by atoms with van der Waals surface area (Å²) in [4.78, 5) is 18.4. The second-order valence-corrected chi connectivity index (χ2v) is 7.81. The number of carbonyl (C=O) groups excluding carboxylic acids is 1. The molecule has 0 unspecified atom stereocenters. The molecule has 1 fully saturated rings. The summed E-state index contributed by atoms with van der Waals surface area (Å²) in [7, 11) is -3.38. The van der Waals surface area contributed by atoms with Crippen LogP contribution in [0.1, 0.15) is 25.3 Å². The number of carbonyl (C=O) groups is 1. The Balaban J connectivity index is 1.75. The zero-order chi connectivity index (χ0) is 16.9. The molecule has 2 N–H and O–H groups in total. The first-order valence-corrected chi connectivity index (χ1v) is 9.61. The Hall–Kier alpha value is -1.51. The molecule has 1 aliphatic heterocycles. The van der Waals surface area contributed by atoms with E-state index in [2.05, 4.69) is 26.0 Å². The second-order valence-electron chi connectivity index (χ2n) is 6.03. The molecular formula is C15H24N4O3S. The molecule has 23 heavy (non-hydrogen) atoms. The van der Waals surface area contributed by atoms with Gasteiger partial charge in [-0.2, -0.15) is 0 Å². The highest BCUT2D eigenvalue weighted by Crippen LogP contribution is 2.13. The molecule has 7 nitrogen and oxygen atoms in total. The first-order valence-electron chi connectivity index (χ1n) is 7.72. The molecule has 0 radical (unpaired) electrons. The Morgan fingerprint density at radius 1 is 1.43 bits per heavy atom. The molecule has 8 heteroatoms. The van der Waals surface area contributed by atoms with Gasteiger partial charge in [-0.15, -0.1) is 0 Å². The Labute approximate surface area is 137 Å². The molecular weight excluding hydrogens is 316 g/mol. The summed E-state index contributed by atoms with van der Waals surface area (Å²) in [6.07, 6.45) is 6.40. The van der Waals surface area contributed by atoms with Crippen molar-refractivity contribution in [1.82, 2.24) is 19.9 Å². The van der Waals surface area contributed by atoms with Gasteiger partial charge in [-0.3, -0.25) is 14.7 Å². The number of rotatable bonds is 6. The van der Waals surface area contributed by atoms with Crippen molar-refractivity contribution in [3.05, 3.63) is 30.1 Å². The zero-order valence-electron chi connectivity index (χ0n) is 13.5. The molecule has 1 atom stereocenters. The molecule has 1 aromatic rings. The largest absolute Gasteiger partial charge is 0.352 e. The second kappa shape index (κ2) is 7.85. The number of amides is 1. The summed E-state index contributed by atoms with van der Waals surface area (Å²) in [5.74, 6) is -0.277. The maximum Gasteiger partial charge on any atom is 0.238 e. The van der Waals surface area contributed by atoms with Crippen molar-refractivity contribution >= 4 is 15.9 Å². The van der Waals surface area contributed by atoms with Crippen molar-refractivity contribution in [2.24, 2.45) is 0 Å². The Bertz CT molecular complexity index is 613. The molecule has 1 amide bonds. The van der Waals surface area contributed by atoms with Crippen LogP contribution < -0.4 is 10.0 Å². The van der Waals surface area contributed by atoms with Crippen LogP contribution in [0.3, 0.4) is 0 Å². The molecule has 1 saturated heterocycles. The third kappa shape index (κ3) is 6.25. The minimum absolute atomic E-state index is 0.0939. The Kier molecular flexibility index (Phi) is 6.09. The smallest absolute Gasteiger partial charge is 0.238 e. The lowest BCUT2D eigenvalue weighted by molar-refractivity contribution is -0.123. The standard InChI is InChI=1S/C15H24N4O3S/c1-12(18-23(2,21)22)15(20)17-14-5-8-19(9-6-14)11-13-4-3-7-16-10-13/h3-4,7,10,12,14,18H,5-6,8-9,11H2,1-2H3,(H,17,20)/t12-/m1/s1. The molecule has 0 saturated carbocycles. The fourth-order valence-electron chi connectivity index (χ4n) is 2.69. The van der Waals surface area contributed by atoms with Crippen LogP contribution in [0, 0.1) is 0 Å². The van der Waals surface area contributed by atoms with Gasteiger partial charge in [-0.05, 0) is 31.4 Å². The highest BCUT2D eigenvalue weighted by atomic mass is 32.2. The summed E-state index contributed by atoms with van der Waals surface area (Å²) in [5.41, 5.74) is 1.18. The highest BCUT2D eigenvalue weighted by Gasteiger charge is 2.24. The quantitative estimate of drug-likeness (QED) is 0.766. The van der Waals surface area contributed by atoms with Crippen molar-refractivity contribution in [3.63, 3.8) is 0 Å². The van der Waals surface area contributed by atoms with Gasteiger partial charge in [0.05, 0.1) is 12.3 Å². The van der Waals surface area contributed by atoms with Gasteiger partial charge in [0.1, 0.15) is 0 Å². The normalized spacial score (nSPS) is 18.5. The molecule has 2 rings (SSSR count). The predicted octanol–water partition coefficient (Wildman–Crippen LogP) is 0.0999. The van der Waals surface area contributed by atoms with Crippen molar-refractivity contribution < 1.29 is 13.2 Å². The summed E-state index contributed by atoms with van der Waals surface area (Å²) in [6.45, 7) is 4.20. The van der Waals surface area contributed by atoms with Crippen LogP contribution in [-0.2, 0) is 21.4 Å². The van der Waals surface area contributed by atoms with E-state index in [1.807, 2.05) is 12.3 Å². The fourth-order valence-corrected chi connectivity index (χ4v) is 3.44. The average molecular weight is 340 g/mol. The number of likely N-dealkylation sites (tertiary alicyclic amines) is 1. The number of nitrogens with one attached hydrogen (secondary N) is 2. The van der Waals surface area contributed by atoms with Crippen LogP contribution in [0.2, 0.25) is 0 Å². The fraction of sp³-hybridized carbons (Fsp3) is 0.600. The third-order valence-electron chi connectivity index (χ3n) is 3.85. The van der Waals surface area contributed by atoms with Gasteiger partial charge in [-0.25, -0.2) is 13.1 Å². The van der Waals surface area contributed by atoms with E-state index in [1.54, 1.807) is 13.1 Å². The summed E-state index contributed by atoms with van der Waals surface area (Å²) < 4.78 is 24.6. The van der Waals surface area contributed by atoms with Crippen molar-refractivity contribution in [2.75, 3.05) is 19.3 Å². The molecule has 0 aromatic carbocycles.